The van der Waals surface area contributed by atoms with E-state index in [4.69, 9.17) is 27.9 Å². The van der Waals surface area contributed by atoms with Crippen LogP contribution in [0, 0.1) is 0 Å². The van der Waals surface area contributed by atoms with E-state index >= 15 is 0 Å². The van der Waals surface area contributed by atoms with Crippen LogP contribution in [-0.2, 0) is 16.2 Å². The molecule has 4 rings (SSSR count). The van der Waals surface area contributed by atoms with Gasteiger partial charge < -0.3 is 9.84 Å². The van der Waals surface area contributed by atoms with Crippen molar-refractivity contribution in [2.75, 3.05) is 18.7 Å². The first-order valence-corrected chi connectivity index (χ1v) is 13.0. The lowest BCUT2D eigenvalue weighted by Gasteiger charge is -2.25. The Bertz CT molecular complexity index is 1450. The minimum Gasteiger partial charge on any atom is -0.508 e. The minimum absolute atomic E-state index is 0.0381. The summed E-state index contributed by atoms with van der Waals surface area (Å²) in [6.07, 6.45) is -4.46. The number of phenols is 1. The Hall–Kier alpha value is -2.99. The molecule has 1 aliphatic rings. The van der Waals surface area contributed by atoms with Crippen molar-refractivity contribution in [2.45, 2.75) is 23.5 Å². The number of benzene rings is 3. The van der Waals surface area contributed by atoms with Crippen LogP contribution in [0.1, 0.15) is 23.6 Å². The Kier molecular flexibility index (Phi) is 7.61. The summed E-state index contributed by atoms with van der Waals surface area (Å²) in [6, 6.07) is 13.3. The summed E-state index contributed by atoms with van der Waals surface area (Å²) in [4.78, 5) is -0.687. The summed E-state index contributed by atoms with van der Waals surface area (Å²) in [6.45, 7) is -0.284. The van der Waals surface area contributed by atoms with Crippen LogP contribution in [0.5, 0.6) is 11.5 Å². The van der Waals surface area contributed by atoms with E-state index in [1.165, 1.54) is 19.2 Å². The number of alkyl halides is 3. The summed E-state index contributed by atoms with van der Waals surface area (Å²) in [5.41, 5.74) is 0.561. The van der Waals surface area contributed by atoms with Crippen LogP contribution in [0.4, 0.5) is 18.9 Å². The highest BCUT2D eigenvalue weighted by Gasteiger charge is 2.34. The van der Waals surface area contributed by atoms with Crippen LogP contribution in [-0.4, -0.2) is 32.9 Å². The van der Waals surface area contributed by atoms with Crippen molar-refractivity contribution in [3.8, 4) is 11.5 Å². The average molecular weight is 574 g/mol. The number of phenolic OH excluding ortho intramolecular Hbond substituents is 1. The van der Waals surface area contributed by atoms with Gasteiger partial charge in [0.2, 0.25) is 10.0 Å². The molecule has 1 unspecified atom stereocenters. The highest BCUT2D eigenvalue weighted by Crippen LogP contribution is 2.40. The van der Waals surface area contributed by atoms with E-state index in [1.54, 1.807) is 23.2 Å². The Balaban J connectivity index is 1.62. The van der Waals surface area contributed by atoms with E-state index in [2.05, 4.69) is 9.82 Å². The van der Waals surface area contributed by atoms with Crippen molar-refractivity contribution >= 4 is 44.6 Å². The SMILES string of the molecule is COc1ccc(C2CC(CNS(=O)(=O)c3cc(C(F)(F)F)ccc3Cl)=NN2c2ccc(O)cc2Cl)cc1. The van der Waals surface area contributed by atoms with Gasteiger partial charge in [-0.3, -0.25) is 5.01 Å². The van der Waals surface area contributed by atoms with Crippen molar-refractivity contribution in [2.24, 2.45) is 5.10 Å². The van der Waals surface area contributed by atoms with Crippen molar-refractivity contribution in [3.63, 3.8) is 0 Å². The molecule has 1 aliphatic heterocycles. The van der Waals surface area contributed by atoms with Gasteiger partial charge in [0.05, 0.1) is 46.7 Å². The molecule has 1 atom stereocenters. The van der Waals surface area contributed by atoms with Gasteiger partial charge in [-0.05, 0) is 48.0 Å². The van der Waals surface area contributed by atoms with Crippen LogP contribution in [0.15, 0.2) is 70.7 Å². The first kappa shape index (κ1) is 27.1. The first-order chi connectivity index (χ1) is 17.4. The number of nitrogens with zero attached hydrogens (tertiary/aromatic N) is 2. The van der Waals surface area contributed by atoms with E-state index in [9.17, 15) is 26.7 Å². The van der Waals surface area contributed by atoms with Crippen LogP contribution in [0.2, 0.25) is 10.0 Å². The van der Waals surface area contributed by atoms with Gasteiger partial charge in [-0.15, -0.1) is 0 Å². The number of halogens is 5. The van der Waals surface area contributed by atoms with Gasteiger partial charge in [0.25, 0.3) is 0 Å². The van der Waals surface area contributed by atoms with Crippen molar-refractivity contribution < 1.29 is 31.4 Å². The molecular formula is C24H20Cl2F3N3O4S. The van der Waals surface area contributed by atoms with Gasteiger partial charge >= 0.3 is 6.18 Å². The second-order valence-corrected chi connectivity index (χ2v) is 10.7. The summed E-state index contributed by atoms with van der Waals surface area (Å²) in [7, 11) is -2.87. The summed E-state index contributed by atoms with van der Waals surface area (Å²) in [5.74, 6) is 0.603. The molecule has 196 valence electrons. The highest BCUT2D eigenvalue weighted by atomic mass is 35.5. The van der Waals surface area contributed by atoms with Crippen LogP contribution in [0.25, 0.3) is 0 Å². The number of anilines is 1. The fourth-order valence-electron chi connectivity index (χ4n) is 3.81. The lowest BCUT2D eigenvalue weighted by molar-refractivity contribution is -0.137. The Morgan fingerprint density at radius 3 is 2.41 bits per heavy atom. The normalized spacial score (nSPS) is 16.1. The fraction of sp³-hybridized carbons (Fsp3) is 0.208. The van der Waals surface area contributed by atoms with Gasteiger partial charge in [-0.25, -0.2) is 13.1 Å². The molecule has 0 aliphatic carbocycles. The standard InChI is InChI=1S/C24H20Cl2F3N3O4S/c1-36-18-6-2-14(3-7-18)22-11-16(31-32(22)21-9-5-17(33)12-20(21)26)13-30-37(34,35)23-10-15(24(27,28)29)4-8-19(23)25/h2-10,12,22,30,33H,11,13H2,1H3. The number of hydrogen-bond acceptors (Lipinski definition) is 6. The third kappa shape index (κ3) is 5.96. The van der Waals surface area contributed by atoms with E-state index in [-0.39, 0.29) is 34.8 Å². The topological polar surface area (TPSA) is 91.2 Å². The molecule has 2 N–H and O–H groups in total. The average Bonchev–Trinajstić information content (AvgIpc) is 3.26. The van der Waals surface area contributed by atoms with Gasteiger partial charge in [0, 0.05) is 12.5 Å². The van der Waals surface area contributed by atoms with E-state index in [0.29, 0.717) is 29.3 Å². The largest absolute Gasteiger partial charge is 0.508 e. The number of aromatic hydroxyl groups is 1. The molecule has 3 aromatic rings. The number of hydrazone groups is 1. The number of ether oxygens (including phenoxy) is 1. The Labute approximate surface area is 221 Å². The number of sulfonamides is 1. The second-order valence-electron chi connectivity index (χ2n) is 8.11. The van der Waals surface area contributed by atoms with E-state index < -0.39 is 26.7 Å². The van der Waals surface area contributed by atoms with E-state index in [0.717, 1.165) is 11.6 Å². The predicted molar refractivity (Wildman–Crippen MR) is 135 cm³/mol. The zero-order valence-electron chi connectivity index (χ0n) is 19.1. The quantitative estimate of drug-likeness (QED) is 0.361. The molecule has 0 saturated heterocycles. The summed E-state index contributed by atoms with van der Waals surface area (Å²) in [5, 5.41) is 15.8. The zero-order valence-corrected chi connectivity index (χ0v) is 21.5. The molecule has 0 fully saturated rings. The summed E-state index contributed by atoms with van der Waals surface area (Å²) >= 11 is 12.3. The van der Waals surface area contributed by atoms with Crippen LogP contribution < -0.4 is 14.5 Å². The van der Waals surface area contributed by atoms with Crippen LogP contribution in [0.3, 0.4) is 0 Å². The fourth-order valence-corrected chi connectivity index (χ4v) is 5.61. The third-order valence-electron chi connectivity index (χ3n) is 5.67. The number of nitrogens with one attached hydrogen (secondary N) is 1. The zero-order chi connectivity index (χ0) is 27.0. The van der Waals surface area contributed by atoms with Gasteiger partial charge in [0.1, 0.15) is 16.4 Å². The lowest BCUT2D eigenvalue weighted by Crippen LogP contribution is -2.29. The predicted octanol–water partition coefficient (Wildman–Crippen LogP) is 6.01. The number of hydrogen-bond donors (Lipinski definition) is 2. The van der Waals surface area contributed by atoms with Crippen LogP contribution >= 0.6 is 23.2 Å². The van der Waals surface area contributed by atoms with Gasteiger partial charge in [0.15, 0.2) is 0 Å². The first-order valence-electron chi connectivity index (χ1n) is 10.7. The highest BCUT2D eigenvalue weighted by molar-refractivity contribution is 7.89. The van der Waals surface area contributed by atoms with Gasteiger partial charge in [-0.2, -0.15) is 18.3 Å². The van der Waals surface area contributed by atoms with Crippen molar-refractivity contribution in [1.29, 1.82) is 0 Å². The van der Waals surface area contributed by atoms with Crippen molar-refractivity contribution in [1.82, 2.24) is 4.72 Å². The maximum atomic E-state index is 13.1. The molecule has 37 heavy (non-hydrogen) atoms. The maximum Gasteiger partial charge on any atom is 0.416 e. The minimum atomic E-state index is -4.74. The molecule has 0 aromatic heterocycles. The lowest BCUT2D eigenvalue weighted by atomic mass is 10.0. The molecule has 0 radical (unpaired) electrons. The Morgan fingerprint density at radius 1 is 1.08 bits per heavy atom. The second kappa shape index (κ2) is 10.4. The molecule has 0 bridgehead atoms. The molecule has 0 saturated carbocycles. The smallest absolute Gasteiger partial charge is 0.416 e. The number of rotatable bonds is 7. The Morgan fingerprint density at radius 2 is 1.78 bits per heavy atom. The molecule has 0 amide bonds. The monoisotopic (exact) mass is 573 g/mol. The maximum absolute atomic E-state index is 13.1. The molecule has 7 nitrogen and oxygen atoms in total. The van der Waals surface area contributed by atoms with Crippen molar-refractivity contribution in [3.05, 3.63) is 81.8 Å². The molecular weight excluding hydrogens is 554 g/mol. The summed E-state index contributed by atoms with van der Waals surface area (Å²) < 4.78 is 72.6. The molecule has 3 aromatic carbocycles. The van der Waals surface area contributed by atoms with E-state index in [1.807, 2.05) is 12.1 Å². The third-order valence-corrected chi connectivity index (χ3v) is 7.85. The molecule has 1 heterocycles. The molecule has 0 spiro atoms. The molecule has 13 heteroatoms. The number of methoxy groups -OCH3 is 1. The van der Waals surface area contributed by atoms with Gasteiger partial charge in [-0.1, -0.05) is 35.3 Å².